The first-order valence-corrected chi connectivity index (χ1v) is 3.86. The molecule has 0 aromatic heterocycles. The molecule has 0 spiro atoms. The minimum atomic E-state index is 0.0847. The number of rotatable bonds is 2. The third-order valence-corrected chi connectivity index (χ3v) is 2.49. The Morgan fingerprint density at radius 2 is 2.27 bits per heavy atom. The summed E-state index contributed by atoms with van der Waals surface area (Å²) in [7, 11) is 3.59. The van der Waals surface area contributed by atoms with Crippen molar-refractivity contribution in [3.8, 4) is 0 Å². The van der Waals surface area contributed by atoms with Crippen LogP contribution in [0.3, 0.4) is 0 Å². The third-order valence-electron chi connectivity index (χ3n) is 2.49. The van der Waals surface area contributed by atoms with E-state index in [0.717, 1.165) is 6.42 Å². The Morgan fingerprint density at radius 1 is 1.73 bits per heavy atom. The lowest BCUT2D eigenvalue weighted by molar-refractivity contribution is -0.130. The van der Waals surface area contributed by atoms with Crippen LogP contribution in [0.1, 0.15) is 13.3 Å². The second-order valence-electron chi connectivity index (χ2n) is 3.70. The highest BCUT2D eigenvalue weighted by atomic mass is 16.2. The molecule has 0 heterocycles. The SMILES string of the molecule is C=CC1(C)CC1C(=O)N(C)C. The van der Waals surface area contributed by atoms with Crippen molar-refractivity contribution >= 4 is 5.91 Å². The topological polar surface area (TPSA) is 20.3 Å². The van der Waals surface area contributed by atoms with Crippen LogP contribution in [0, 0.1) is 11.3 Å². The fourth-order valence-electron chi connectivity index (χ4n) is 1.29. The Bertz CT molecular complexity index is 198. The summed E-state index contributed by atoms with van der Waals surface area (Å²) in [6.45, 7) is 5.79. The molecule has 2 unspecified atom stereocenters. The molecule has 1 saturated carbocycles. The predicted octanol–water partition coefficient (Wildman–Crippen LogP) is 1.29. The normalized spacial score (nSPS) is 34.6. The zero-order valence-electron chi connectivity index (χ0n) is 7.42. The van der Waals surface area contributed by atoms with Crippen molar-refractivity contribution in [2.45, 2.75) is 13.3 Å². The monoisotopic (exact) mass is 153 g/mol. The molecular weight excluding hydrogens is 138 g/mol. The van der Waals surface area contributed by atoms with E-state index >= 15 is 0 Å². The van der Waals surface area contributed by atoms with Crippen LogP contribution in [0.5, 0.6) is 0 Å². The summed E-state index contributed by atoms with van der Waals surface area (Å²) in [6, 6.07) is 0. The summed E-state index contributed by atoms with van der Waals surface area (Å²) in [5.41, 5.74) is 0.0847. The molecule has 1 rings (SSSR count). The average Bonchev–Trinajstić information content (AvgIpc) is 2.62. The number of amides is 1. The average molecular weight is 153 g/mol. The molecule has 1 fully saturated rings. The predicted molar refractivity (Wildman–Crippen MR) is 45.1 cm³/mol. The van der Waals surface area contributed by atoms with Gasteiger partial charge in [-0.2, -0.15) is 0 Å². The van der Waals surface area contributed by atoms with Crippen LogP contribution in [0.2, 0.25) is 0 Å². The molecule has 0 aliphatic heterocycles. The van der Waals surface area contributed by atoms with Gasteiger partial charge in [0.15, 0.2) is 0 Å². The third kappa shape index (κ3) is 1.30. The number of hydrogen-bond acceptors (Lipinski definition) is 1. The maximum atomic E-state index is 11.4. The van der Waals surface area contributed by atoms with Gasteiger partial charge in [0.25, 0.3) is 0 Å². The van der Waals surface area contributed by atoms with Gasteiger partial charge in [0.05, 0.1) is 0 Å². The zero-order chi connectivity index (χ0) is 8.65. The lowest BCUT2D eigenvalue weighted by Crippen LogP contribution is -2.25. The van der Waals surface area contributed by atoms with Crippen LogP contribution >= 0.6 is 0 Å². The molecule has 0 saturated heterocycles. The lowest BCUT2D eigenvalue weighted by Gasteiger charge is -2.11. The molecule has 1 amide bonds. The van der Waals surface area contributed by atoms with Crippen LogP contribution in [0.15, 0.2) is 12.7 Å². The largest absolute Gasteiger partial charge is 0.349 e. The Balaban J connectivity index is 2.56. The summed E-state index contributed by atoms with van der Waals surface area (Å²) >= 11 is 0. The summed E-state index contributed by atoms with van der Waals surface area (Å²) in [6.07, 6.45) is 2.85. The molecule has 2 nitrogen and oxygen atoms in total. The van der Waals surface area contributed by atoms with Crippen molar-refractivity contribution in [3.63, 3.8) is 0 Å². The van der Waals surface area contributed by atoms with E-state index in [1.54, 1.807) is 19.0 Å². The Morgan fingerprint density at radius 3 is 2.55 bits per heavy atom. The fourth-order valence-corrected chi connectivity index (χ4v) is 1.29. The standard InChI is InChI=1S/C9H15NO/c1-5-9(2)6-7(9)8(11)10(3)4/h5,7H,1,6H2,2-4H3. The first-order chi connectivity index (χ1) is 5.01. The van der Waals surface area contributed by atoms with Gasteiger partial charge >= 0.3 is 0 Å². The number of nitrogens with zero attached hydrogens (tertiary/aromatic N) is 1. The molecule has 0 radical (unpaired) electrons. The number of allylic oxidation sites excluding steroid dienone is 1. The minimum absolute atomic E-state index is 0.0847. The van der Waals surface area contributed by atoms with Gasteiger partial charge in [-0.25, -0.2) is 0 Å². The van der Waals surface area contributed by atoms with E-state index in [2.05, 4.69) is 13.5 Å². The summed E-state index contributed by atoms with van der Waals surface area (Å²) in [4.78, 5) is 13.0. The van der Waals surface area contributed by atoms with Crippen molar-refractivity contribution in [2.24, 2.45) is 11.3 Å². The molecule has 1 aliphatic rings. The summed E-state index contributed by atoms with van der Waals surface area (Å²) in [5.74, 6) is 0.419. The number of hydrogen-bond donors (Lipinski definition) is 0. The molecule has 0 aromatic rings. The molecule has 1 aliphatic carbocycles. The fraction of sp³-hybridized carbons (Fsp3) is 0.667. The van der Waals surface area contributed by atoms with Gasteiger partial charge in [0.1, 0.15) is 0 Å². The van der Waals surface area contributed by atoms with Crippen LogP contribution in [0.4, 0.5) is 0 Å². The van der Waals surface area contributed by atoms with Crippen LogP contribution in [-0.4, -0.2) is 24.9 Å². The zero-order valence-corrected chi connectivity index (χ0v) is 7.42. The Labute approximate surface area is 67.9 Å². The molecule has 11 heavy (non-hydrogen) atoms. The lowest BCUT2D eigenvalue weighted by atomic mass is 10.1. The summed E-state index contributed by atoms with van der Waals surface area (Å²) < 4.78 is 0. The van der Waals surface area contributed by atoms with E-state index in [0.29, 0.717) is 0 Å². The van der Waals surface area contributed by atoms with Crippen molar-refractivity contribution in [1.29, 1.82) is 0 Å². The number of carbonyl (C=O) groups is 1. The molecule has 2 heteroatoms. The second-order valence-corrected chi connectivity index (χ2v) is 3.70. The van der Waals surface area contributed by atoms with Gasteiger partial charge in [-0.15, -0.1) is 6.58 Å². The van der Waals surface area contributed by atoms with Crippen LogP contribution in [-0.2, 0) is 4.79 Å². The highest BCUT2D eigenvalue weighted by molar-refractivity contribution is 5.82. The molecular formula is C9H15NO. The van der Waals surface area contributed by atoms with Crippen LogP contribution < -0.4 is 0 Å². The van der Waals surface area contributed by atoms with Gasteiger partial charge in [-0.1, -0.05) is 13.0 Å². The number of carbonyl (C=O) groups excluding carboxylic acids is 1. The van der Waals surface area contributed by atoms with E-state index in [1.165, 1.54) is 0 Å². The Kier molecular flexibility index (Phi) is 1.78. The van der Waals surface area contributed by atoms with E-state index in [4.69, 9.17) is 0 Å². The van der Waals surface area contributed by atoms with Gasteiger partial charge < -0.3 is 4.90 Å². The van der Waals surface area contributed by atoms with E-state index in [1.807, 2.05) is 6.08 Å². The highest BCUT2D eigenvalue weighted by Gasteiger charge is 2.52. The molecule has 0 bridgehead atoms. The highest BCUT2D eigenvalue weighted by Crippen LogP contribution is 2.53. The minimum Gasteiger partial charge on any atom is -0.349 e. The van der Waals surface area contributed by atoms with Gasteiger partial charge in [-0.05, 0) is 11.8 Å². The quantitative estimate of drug-likeness (QED) is 0.547. The molecule has 2 atom stereocenters. The van der Waals surface area contributed by atoms with E-state index in [9.17, 15) is 4.79 Å². The van der Waals surface area contributed by atoms with Crippen molar-refractivity contribution in [2.75, 3.05) is 14.1 Å². The van der Waals surface area contributed by atoms with Crippen molar-refractivity contribution in [1.82, 2.24) is 4.90 Å². The van der Waals surface area contributed by atoms with E-state index < -0.39 is 0 Å². The van der Waals surface area contributed by atoms with Crippen LogP contribution in [0.25, 0.3) is 0 Å². The molecule has 62 valence electrons. The van der Waals surface area contributed by atoms with Gasteiger partial charge in [0.2, 0.25) is 5.91 Å². The molecule has 0 N–H and O–H groups in total. The van der Waals surface area contributed by atoms with Gasteiger partial charge in [-0.3, -0.25) is 4.79 Å². The maximum absolute atomic E-state index is 11.4. The maximum Gasteiger partial charge on any atom is 0.226 e. The van der Waals surface area contributed by atoms with Crippen molar-refractivity contribution in [3.05, 3.63) is 12.7 Å². The first-order valence-electron chi connectivity index (χ1n) is 3.86. The molecule has 0 aromatic carbocycles. The Hall–Kier alpha value is -0.790. The summed E-state index contributed by atoms with van der Waals surface area (Å²) in [5, 5.41) is 0. The van der Waals surface area contributed by atoms with E-state index in [-0.39, 0.29) is 17.2 Å². The first kappa shape index (κ1) is 8.31. The van der Waals surface area contributed by atoms with Crippen molar-refractivity contribution < 1.29 is 4.79 Å². The second kappa shape index (κ2) is 2.36. The van der Waals surface area contributed by atoms with Gasteiger partial charge in [0, 0.05) is 20.0 Å². The smallest absolute Gasteiger partial charge is 0.226 e.